The molecular formula is C13H29N3S. The van der Waals surface area contributed by atoms with E-state index >= 15 is 0 Å². The Labute approximate surface area is 111 Å². The summed E-state index contributed by atoms with van der Waals surface area (Å²) in [5, 5.41) is 6.70. The molecule has 102 valence electrons. The summed E-state index contributed by atoms with van der Waals surface area (Å²) in [7, 11) is 1.84. The Balaban J connectivity index is 3.37. The van der Waals surface area contributed by atoms with Crippen LogP contribution in [-0.2, 0) is 0 Å². The minimum Gasteiger partial charge on any atom is -0.356 e. The summed E-state index contributed by atoms with van der Waals surface area (Å²) in [6.07, 6.45) is 9.84. The molecule has 0 aromatic carbocycles. The number of aliphatic imine (C=N–C) groups is 1. The van der Waals surface area contributed by atoms with E-state index in [4.69, 9.17) is 0 Å². The van der Waals surface area contributed by atoms with Gasteiger partial charge in [0.25, 0.3) is 0 Å². The molecule has 0 spiro atoms. The molecule has 0 aliphatic carbocycles. The lowest BCUT2D eigenvalue weighted by Crippen LogP contribution is -2.38. The van der Waals surface area contributed by atoms with Crippen molar-refractivity contribution in [1.29, 1.82) is 0 Å². The van der Waals surface area contributed by atoms with Crippen LogP contribution in [0, 0.1) is 0 Å². The quantitative estimate of drug-likeness (QED) is 0.360. The number of hydrogen-bond donors (Lipinski definition) is 2. The molecule has 17 heavy (non-hydrogen) atoms. The molecule has 0 aliphatic heterocycles. The van der Waals surface area contributed by atoms with Crippen molar-refractivity contribution in [2.45, 2.75) is 45.4 Å². The zero-order valence-corrected chi connectivity index (χ0v) is 12.5. The van der Waals surface area contributed by atoms with E-state index in [1.165, 1.54) is 44.3 Å². The summed E-state index contributed by atoms with van der Waals surface area (Å²) in [4.78, 5) is 4.21. The number of guanidine groups is 1. The molecule has 0 aliphatic rings. The number of hydrogen-bond acceptors (Lipinski definition) is 2. The zero-order chi connectivity index (χ0) is 12.8. The largest absolute Gasteiger partial charge is 0.356 e. The first-order valence-corrected chi connectivity index (χ1v) is 8.18. The van der Waals surface area contributed by atoms with Gasteiger partial charge in [-0.2, -0.15) is 11.8 Å². The van der Waals surface area contributed by atoms with E-state index in [0.29, 0.717) is 0 Å². The van der Waals surface area contributed by atoms with Gasteiger partial charge in [-0.25, -0.2) is 0 Å². The molecule has 0 unspecified atom stereocenters. The maximum absolute atomic E-state index is 4.21. The van der Waals surface area contributed by atoms with Crippen molar-refractivity contribution in [3.05, 3.63) is 0 Å². The summed E-state index contributed by atoms with van der Waals surface area (Å²) in [6, 6.07) is 0. The second kappa shape index (κ2) is 13.7. The number of nitrogens with one attached hydrogen (secondary N) is 2. The van der Waals surface area contributed by atoms with Crippen molar-refractivity contribution in [3.8, 4) is 0 Å². The van der Waals surface area contributed by atoms with Crippen LogP contribution in [0.3, 0.4) is 0 Å². The SMILES string of the molecule is CCCCCCNC(=NC)NCCCCSC. The van der Waals surface area contributed by atoms with Crippen LogP contribution in [0.1, 0.15) is 45.4 Å². The van der Waals surface area contributed by atoms with Gasteiger partial charge in [0.15, 0.2) is 5.96 Å². The van der Waals surface area contributed by atoms with Crippen LogP contribution < -0.4 is 10.6 Å². The molecule has 0 saturated heterocycles. The molecule has 0 saturated carbocycles. The average Bonchev–Trinajstić information content (AvgIpc) is 2.36. The third-order valence-electron chi connectivity index (χ3n) is 2.61. The number of thioether (sulfide) groups is 1. The molecule has 0 amide bonds. The smallest absolute Gasteiger partial charge is 0.190 e. The van der Waals surface area contributed by atoms with E-state index in [0.717, 1.165) is 19.0 Å². The molecule has 0 fully saturated rings. The third kappa shape index (κ3) is 11.9. The van der Waals surface area contributed by atoms with Crippen molar-refractivity contribution >= 4 is 17.7 Å². The lowest BCUT2D eigenvalue weighted by atomic mass is 10.2. The van der Waals surface area contributed by atoms with E-state index in [1.807, 2.05) is 18.8 Å². The number of unbranched alkanes of at least 4 members (excludes halogenated alkanes) is 4. The minimum atomic E-state index is 0.950. The second-order valence-corrected chi connectivity index (χ2v) is 5.17. The molecule has 0 aromatic heterocycles. The van der Waals surface area contributed by atoms with Crippen molar-refractivity contribution in [2.24, 2.45) is 4.99 Å². The van der Waals surface area contributed by atoms with Gasteiger partial charge in [0.05, 0.1) is 0 Å². The molecule has 4 heteroatoms. The van der Waals surface area contributed by atoms with Crippen LogP contribution in [0.2, 0.25) is 0 Å². The molecule has 0 aromatic rings. The van der Waals surface area contributed by atoms with Crippen LogP contribution >= 0.6 is 11.8 Å². The maximum Gasteiger partial charge on any atom is 0.190 e. The Hall–Kier alpha value is -0.380. The van der Waals surface area contributed by atoms with Gasteiger partial charge in [-0.3, -0.25) is 4.99 Å². The van der Waals surface area contributed by atoms with Gasteiger partial charge < -0.3 is 10.6 Å². The monoisotopic (exact) mass is 259 g/mol. The fraction of sp³-hybridized carbons (Fsp3) is 0.923. The highest BCUT2D eigenvalue weighted by Crippen LogP contribution is 1.98. The Morgan fingerprint density at radius 2 is 1.65 bits per heavy atom. The Morgan fingerprint density at radius 3 is 2.18 bits per heavy atom. The second-order valence-electron chi connectivity index (χ2n) is 4.19. The lowest BCUT2D eigenvalue weighted by Gasteiger charge is -2.11. The Bertz CT molecular complexity index is 168. The molecule has 0 bridgehead atoms. The summed E-state index contributed by atoms with van der Waals surface area (Å²) in [5.74, 6) is 2.20. The van der Waals surface area contributed by atoms with Crippen molar-refractivity contribution in [3.63, 3.8) is 0 Å². The van der Waals surface area contributed by atoms with Crippen LogP contribution in [0.25, 0.3) is 0 Å². The molecule has 0 atom stereocenters. The molecule has 0 radical (unpaired) electrons. The molecule has 0 rings (SSSR count). The predicted octanol–water partition coefficient (Wildman–Crippen LogP) is 2.87. The normalized spacial score (nSPS) is 11.6. The van der Waals surface area contributed by atoms with E-state index in [-0.39, 0.29) is 0 Å². The molecular weight excluding hydrogens is 230 g/mol. The molecule has 0 heterocycles. The van der Waals surface area contributed by atoms with E-state index in [9.17, 15) is 0 Å². The summed E-state index contributed by atoms with van der Waals surface area (Å²) in [5.41, 5.74) is 0. The van der Waals surface area contributed by atoms with Gasteiger partial charge in [0.1, 0.15) is 0 Å². The van der Waals surface area contributed by atoms with Crippen molar-refractivity contribution in [1.82, 2.24) is 10.6 Å². The standard InChI is InChI=1S/C13H29N3S/c1-4-5-6-7-10-15-13(14-2)16-11-8-9-12-17-3/h4-12H2,1-3H3,(H2,14,15,16). The molecule has 3 nitrogen and oxygen atoms in total. The first-order valence-electron chi connectivity index (χ1n) is 6.78. The van der Waals surface area contributed by atoms with Gasteiger partial charge in [-0.15, -0.1) is 0 Å². The highest BCUT2D eigenvalue weighted by atomic mass is 32.2. The fourth-order valence-electron chi connectivity index (χ4n) is 1.56. The van der Waals surface area contributed by atoms with Gasteiger partial charge in [-0.1, -0.05) is 26.2 Å². The highest BCUT2D eigenvalue weighted by Gasteiger charge is 1.96. The van der Waals surface area contributed by atoms with Gasteiger partial charge in [-0.05, 0) is 31.3 Å². The first-order chi connectivity index (χ1) is 8.35. The first kappa shape index (κ1) is 16.6. The zero-order valence-electron chi connectivity index (χ0n) is 11.7. The topological polar surface area (TPSA) is 36.4 Å². The van der Waals surface area contributed by atoms with E-state index in [2.05, 4.69) is 28.8 Å². The summed E-state index contributed by atoms with van der Waals surface area (Å²) in [6.45, 7) is 4.29. The Kier molecular flexibility index (Phi) is 13.4. The fourth-order valence-corrected chi connectivity index (χ4v) is 2.05. The predicted molar refractivity (Wildman–Crippen MR) is 81.1 cm³/mol. The number of nitrogens with zero attached hydrogens (tertiary/aromatic N) is 1. The van der Waals surface area contributed by atoms with Gasteiger partial charge in [0, 0.05) is 20.1 Å². The minimum absolute atomic E-state index is 0.950. The van der Waals surface area contributed by atoms with E-state index < -0.39 is 0 Å². The van der Waals surface area contributed by atoms with E-state index in [1.54, 1.807) is 0 Å². The third-order valence-corrected chi connectivity index (χ3v) is 3.31. The summed E-state index contributed by atoms with van der Waals surface area (Å²) >= 11 is 1.91. The highest BCUT2D eigenvalue weighted by molar-refractivity contribution is 7.98. The maximum atomic E-state index is 4.21. The van der Waals surface area contributed by atoms with Gasteiger partial charge >= 0.3 is 0 Å². The summed E-state index contributed by atoms with van der Waals surface area (Å²) < 4.78 is 0. The number of rotatable bonds is 10. The van der Waals surface area contributed by atoms with Crippen LogP contribution in [0.4, 0.5) is 0 Å². The van der Waals surface area contributed by atoms with Crippen LogP contribution in [0.15, 0.2) is 4.99 Å². The Morgan fingerprint density at radius 1 is 1.00 bits per heavy atom. The van der Waals surface area contributed by atoms with Crippen molar-refractivity contribution in [2.75, 3.05) is 32.1 Å². The van der Waals surface area contributed by atoms with Crippen molar-refractivity contribution < 1.29 is 0 Å². The average molecular weight is 259 g/mol. The van der Waals surface area contributed by atoms with Gasteiger partial charge in [0.2, 0.25) is 0 Å². The molecule has 2 N–H and O–H groups in total. The lowest BCUT2D eigenvalue weighted by molar-refractivity contribution is 0.644. The van der Waals surface area contributed by atoms with Crippen LogP contribution in [-0.4, -0.2) is 38.1 Å². The van der Waals surface area contributed by atoms with Crippen LogP contribution in [0.5, 0.6) is 0 Å².